The number of nitrogens with zero attached hydrogens (tertiary/aromatic N) is 6. The number of fused-ring (bicyclic) bond motifs is 4. The van der Waals surface area contributed by atoms with Gasteiger partial charge in [-0.1, -0.05) is 36.4 Å². The number of anilines is 2. The predicted octanol–water partition coefficient (Wildman–Crippen LogP) is 6.69. The molecule has 1 atom stereocenters. The molecule has 2 aromatic heterocycles. The van der Waals surface area contributed by atoms with Gasteiger partial charge in [0.15, 0.2) is 23.3 Å². The zero-order chi connectivity index (χ0) is 27.4. The number of phenols is 1. The molecule has 0 radical (unpaired) electrons. The summed E-state index contributed by atoms with van der Waals surface area (Å²) >= 11 is 0. The average molecular weight is 526 g/mol. The van der Waals surface area contributed by atoms with Crippen LogP contribution in [0.4, 0.5) is 22.9 Å². The molecule has 2 aliphatic rings. The normalized spacial score (nSPS) is 15.5. The highest BCUT2D eigenvalue weighted by atomic mass is 16.3. The van der Waals surface area contributed by atoms with Crippen LogP contribution in [-0.2, 0) is 0 Å². The van der Waals surface area contributed by atoms with Crippen molar-refractivity contribution < 1.29 is 5.11 Å². The van der Waals surface area contributed by atoms with E-state index in [9.17, 15) is 5.11 Å². The summed E-state index contributed by atoms with van der Waals surface area (Å²) in [6.07, 6.45) is 1.75. The molecule has 3 aromatic carbocycles. The summed E-state index contributed by atoms with van der Waals surface area (Å²) in [5, 5.41) is 19.0. The minimum Gasteiger partial charge on any atom is -0.508 e. The standard InChI is InChI=1S/C32H27N7O/c1-19-14-15-23(17-20(19)2)34-30-32-36-31-28(21(3)37-39(31)27-13-6-7-16-33-27)29(22-9-8-10-24(40)18-22)38(32)26-12-5-4-11-25(26)35-30/h4-18,29,40H,1-3H3,(H,34,35). The van der Waals surface area contributed by atoms with E-state index in [1.807, 2.05) is 55.5 Å². The van der Waals surface area contributed by atoms with Crippen LogP contribution in [0.5, 0.6) is 5.75 Å². The lowest BCUT2D eigenvalue weighted by Crippen LogP contribution is -2.46. The molecule has 0 fully saturated rings. The Morgan fingerprint density at radius 2 is 1.68 bits per heavy atom. The van der Waals surface area contributed by atoms with Crippen molar-refractivity contribution in [3.05, 3.63) is 119 Å². The zero-order valence-corrected chi connectivity index (χ0v) is 22.4. The van der Waals surface area contributed by atoms with Crippen molar-refractivity contribution in [2.75, 3.05) is 10.2 Å². The number of rotatable bonds is 3. The van der Waals surface area contributed by atoms with E-state index < -0.39 is 0 Å². The first-order valence-corrected chi connectivity index (χ1v) is 13.2. The van der Waals surface area contributed by atoms with Crippen molar-refractivity contribution in [3.63, 3.8) is 0 Å². The first-order valence-electron chi connectivity index (χ1n) is 13.2. The van der Waals surface area contributed by atoms with Crippen LogP contribution in [0.3, 0.4) is 0 Å². The molecule has 2 N–H and O–H groups in total. The number of nitrogens with one attached hydrogen (secondary N) is 1. The van der Waals surface area contributed by atoms with Gasteiger partial charge in [-0.15, -0.1) is 0 Å². The summed E-state index contributed by atoms with van der Waals surface area (Å²) in [6, 6.07) is 27.1. The van der Waals surface area contributed by atoms with Crippen LogP contribution in [-0.4, -0.2) is 31.5 Å². The number of phenolic OH excluding ortho intramolecular Hbond substituents is 1. The van der Waals surface area contributed by atoms with Crippen LogP contribution < -0.4 is 10.2 Å². The first-order chi connectivity index (χ1) is 19.5. The Morgan fingerprint density at radius 3 is 2.48 bits per heavy atom. The van der Waals surface area contributed by atoms with Crippen LogP contribution in [0, 0.1) is 20.8 Å². The number of hydrogen-bond donors (Lipinski definition) is 2. The molecule has 0 bridgehead atoms. The van der Waals surface area contributed by atoms with Crippen LogP contribution >= 0.6 is 0 Å². The molecule has 40 heavy (non-hydrogen) atoms. The van der Waals surface area contributed by atoms with Gasteiger partial charge < -0.3 is 15.3 Å². The van der Waals surface area contributed by atoms with Gasteiger partial charge in [-0.3, -0.25) is 0 Å². The maximum absolute atomic E-state index is 10.5. The molecule has 4 heterocycles. The summed E-state index contributed by atoms with van der Waals surface area (Å²) < 4.78 is 1.79. The van der Waals surface area contributed by atoms with Gasteiger partial charge in [0.1, 0.15) is 5.75 Å². The molecule has 7 rings (SSSR count). The molecule has 196 valence electrons. The largest absolute Gasteiger partial charge is 0.508 e. The smallest absolute Gasteiger partial charge is 0.179 e. The van der Waals surface area contributed by atoms with Gasteiger partial charge in [0, 0.05) is 17.4 Å². The van der Waals surface area contributed by atoms with E-state index in [-0.39, 0.29) is 11.8 Å². The molecule has 0 spiro atoms. The van der Waals surface area contributed by atoms with Gasteiger partial charge in [-0.2, -0.15) is 9.78 Å². The topological polar surface area (TPSA) is 90.9 Å². The monoisotopic (exact) mass is 525 g/mol. The van der Waals surface area contributed by atoms with Crippen molar-refractivity contribution in [2.45, 2.75) is 26.8 Å². The minimum absolute atomic E-state index is 0.199. The third-order valence-electron chi connectivity index (χ3n) is 7.46. The summed E-state index contributed by atoms with van der Waals surface area (Å²) in [7, 11) is 0. The van der Waals surface area contributed by atoms with Gasteiger partial charge in [0.25, 0.3) is 0 Å². The van der Waals surface area contributed by atoms with Gasteiger partial charge in [-0.05, 0) is 86.0 Å². The second-order valence-electron chi connectivity index (χ2n) is 10.1. The molecular weight excluding hydrogens is 498 g/mol. The molecule has 8 nitrogen and oxygen atoms in total. The SMILES string of the molecule is Cc1ccc(NC2=Nc3ccccc3N3C2=Nc2c(c(C)nn2-c2ccccn2)C3c2cccc(O)c2)cc1C. The number of benzene rings is 3. The Hall–Kier alpha value is -5.24. The van der Waals surface area contributed by atoms with Gasteiger partial charge in [0.05, 0.1) is 23.1 Å². The second-order valence-corrected chi connectivity index (χ2v) is 10.1. The van der Waals surface area contributed by atoms with E-state index >= 15 is 0 Å². The van der Waals surface area contributed by atoms with Gasteiger partial charge in [0.2, 0.25) is 0 Å². The van der Waals surface area contributed by atoms with E-state index in [1.165, 1.54) is 11.1 Å². The highest BCUT2D eigenvalue weighted by Gasteiger charge is 2.41. The van der Waals surface area contributed by atoms with Crippen molar-refractivity contribution in [3.8, 4) is 11.6 Å². The van der Waals surface area contributed by atoms with Gasteiger partial charge in [-0.25, -0.2) is 15.0 Å². The second kappa shape index (κ2) is 9.20. The minimum atomic E-state index is -0.319. The lowest BCUT2D eigenvalue weighted by molar-refractivity contribution is 0.474. The third-order valence-corrected chi connectivity index (χ3v) is 7.46. The fourth-order valence-corrected chi connectivity index (χ4v) is 5.40. The Morgan fingerprint density at radius 1 is 0.825 bits per heavy atom. The Kier molecular flexibility index (Phi) is 5.48. The van der Waals surface area contributed by atoms with Gasteiger partial charge >= 0.3 is 0 Å². The van der Waals surface area contributed by atoms with E-state index in [0.717, 1.165) is 33.9 Å². The number of pyridine rings is 1. The molecule has 1 unspecified atom stereocenters. The molecule has 0 aliphatic carbocycles. The molecule has 5 aromatic rings. The number of aryl methyl sites for hydroxylation is 3. The van der Waals surface area contributed by atoms with Crippen molar-refractivity contribution in [1.82, 2.24) is 14.8 Å². The quantitative estimate of drug-likeness (QED) is 0.274. The summed E-state index contributed by atoms with van der Waals surface area (Å²) in [5.74, 6) is 2.85. The lowest BCUT2D eigenvalue weighted by atomic mass is 9.93. The van der Waals surface area contributed by atoms with Crippen molar-refractivity contribution >= 4 is 34.6 Å². The zero-order valence-electron chi connectivity index (χ0n) is 22.4. The number of aliphatic imine (C=N–C) groups is 2. The van der Waals surface area contributed by atoms with Crippen LogP contribution in [0.1, 0.15) is 34.0 Å². The molecule has 0 saturated heterocycles. The third kappa shape index (κ3) is 3.84. The highest BCUT2D eigenvalue weighted by Crippen LogP contribution is 2.48. The fraction of sp³-hybridized carbons (Fsp3) is 0.125. The van der Waals surface area contributed by atoms with E-state index in [4.69, 9.17) is 15.1 Å². The van der Waals surface area contributed by atoms with E-state index in [2.05, 4.69) is 53.3 Å². The predicted molar refractivity (Wildman–Crippen MR) is 159 cm³/mol. The maximum atomic E-state index is 10.5. The average Bonchev–Trinajstić information content (AvgIpc) is 3.30. The Labute approximate surface area is 232 Å². The van der Waals surface area contributed by atoms with Crippen LogP contribution in [0.25, 0.3) is 5.82 Å². The number of para-hydroxylation sites is 2. The lowest BCUT2D eigenvalue weighted by Gasteiger charge is -2.40. The maximum Gasteiger partial charge on any atom is 0.179 e. The van der Waals surface area contributed by atoms with Crippen LogP contribution in [0.2, 0.25) is 0 Å². The van der Waals surface area contributed by atoms with Crippen LogP contribution in [0.15, 0.2) is 101 Å². The molecule has 0 amide bonds. The molecule has 0 saturated carbocycles. The summed E-state index contributed by atoms with van der Waals surface area (Å²) in [4.78, 5) is 17.0. The fourth-order valence-electron chi connectivity index (χ4n) is 5.40. The molecular formula is C32H27N7O. The number of amidine groups is 2. The molecule has 8 heteroatoms. The number of aromatic nitrogens is 3. The Bertz CT molecular complexity index is 1840. The number of aromatic hydroxyl groups is 1. The molecule has 2 aliphatic heterocycles. The van der Waals surface area contributed by atoms with Crippen molar-refractivity contribution in [2.24, 2.45) is 9.98 Å². The summed E-state index contributed by atoms with van der Waals surface area (Å²) in [5.41, 5.74) is 7.79. The van der Waals surface area contributed by atoms with E-state index in [0.29, 0.717) is 23.3 Å². The Balaban J connectivity index is 1.50. The number of hydrogen-bond acceptors (Lipinski definition) is 7. The van der Waals surface area contributed by atoms with Crippen molar-refractivity contribution in [1.29, 1.82) is 0 Å². The highest BCUT2D eigenvalue weighted by molar-refractivity contribution is 6.51. The summed E-state index contributed by atoms with van der Waals surface area (Å²) in [6.45, 7) is 6.19. The first kappa shape index (κ1) is 23.8. The van der Waals surface area contributed by atoms with E-state index in [1.54, 1.807) is 23.0 Å².